The summed E-state index contributed by atoms with van der Waals surface area (Å²) in [5.41, 5.74) is 5.29. The maximum atomic E-state index is 13.2. The zero-order valence-corrected chi connectivity index (χ0v) is 16.5. The third-order valence-electron chi connectivity index (χ3n) is 4.44. The van der Waals surface area contributed by atoms with Gasteiger partial charge in [-0.1, -0.05) is 24.3 Å². The van der Waals surface area contributed by atoms with Crippen LogP contribution >= 0.6 is 12.4 Å². The van der Waals surface area contributed by atoms with Crippen LogP contribution in [0.5, 0.6) is 0 Å². The SMILES string of the molecule is CCNC(=O)Nc1cccc(-n2cnc3cc(-c4ccc(F)cc4)ccc32)c1.Cl. The van der Waals surface area contributed by atoms with Crippen LogP contribution in [0.25, 0.3) is 27.8 Å². The number of rotatable bonds is 4. The topological polar surface area (TPSA) is 59.0 Å². The van der Waals surface area contributed by atoms with Crippen LogP contribution in [0.2, 0.25) is 0 Å². The molecule has 1 aromatic heterocycles. The van der Waals surface area contributed by atoms with Crippen LogP contribution in [-0.2, 0) is 0 Å². The zero-order chi connectivity index (χ0) is 19.5. The summed E-state index contributed by atoms with van der Waals surface area (Å²) in [5.74, 6) is -0.254. The second-order valence-corrected chi connectivity index (χ2v) is 6.36. The van der Waals surface area contributed by atoms with E-state index in [1.165, 1.54) is 12.1 Å². The standard InChI is InChI=1S/C22H19FN4O.ClH/c1-2-24-22(28)26-18-4-3-5-19(13-18)27-14-25-20-12-16(8-11-21(20)27)15-6-9-17(23)10-7-15;/h3-14H,2H2,1H3,(H2,24,26,28);1H. The lowest BCUT2D eigenvalue weighted by Gasteiger charge is -2.09. The summed E-state index contributed by atoms with van der Waals surface area (Å²) < 4.78 is 15.1. The number of anilines is 1. The Bertz CT molecular complexity index is 1140. The first-order valence-electron chi connectivity index (χ1n) is 9.02. The van der Waals surface area contributed by atoms with Gasteiger partial charge in [-0.05, 0) is 60.5 Å². The van der Waals surface area contributed by atoms with Crippen molar-refractivity contribution in [3.63, 3.8) is 0 Å². The average molecular weight is 411 g/mol. The first-order chi connectivity index (χ1) is 13.6. The molecule has 1 heterocycles. The number of aromatic nitrogens is 2. The summed E-state index contributed by atoms with van der Waals surface area (Å²) >= 11 is 0. The molecule has 0 bridgehead atoms. The van der Waals surface area contributed by atoms with Gasteiger partial charge in [0.05, 0.1) is 11.0 Å². The normalized spacial score (nSPS) is 10.4. The number of urea groups is 1. The van der Waals surface area contributed by atoms with E-state index in [9.17, 15) is 9.18 Å². The fourth-order valence-corrected chi connectivity index (χ4v) is 3.11. The number of carbonyl (C=O) groups excluding carboxylic acids is 1. The van der Waals surface area contributed by atoms with Gasteiger partial charge in [-0.2, -0.15) is 0 Å². The lowest BCUT2D eigenvalue weighted by molar-refractivity contribution is 0.252. The van der Waals surface area contributed by atoms with Crippen molar-refractivity contribution < 1.29 is 9.18 Å². The molecule has 0 aliphatic heterocycles. The van der Waals surface area contributed by atoms with Crippen molar-refractivity contribution in [1.29, 1.82) is 0 Å². The van der Waals surface area contributed by atoms with Gasteiger partial charge < -0.3 is 10.6 Å². The fraction of sp³-hybridized carbons (Fsp3) is 0.0909. The zero-order valence-electron chi connectivity index (χ0n) is 15.7. The van der Waals surface area contributed by atoms with E-state index in [2.05, 4.69) is 15.6 Å². The molecule has 4 aromatic rings. The molecule has 148 valence electrons. The van der Waals surface area contributed by atoms with Crippen LogP contribution in [0.1, 0.15) is 6.92 Å². The van der Waals surface area contributed by atoms with Gasteiger partial charge >= 0.3 is 6.03 Å². The van der Waals surface area contributed by atoms with E-state index in [0.717, 1.165) is 27.8 Å². The van der Waals surface area contributed by atoms with Crippen LogP contribution in [0.4, 0.5) is 14.9 Å². The number of benzene rings is 3. The predicted octanol–water partition coefficient (Wildman–Crippen LogP) is 5.39. The van der Waals surface area contributed by atoms with Crippen molar-refractivity contribution in [3.8, 4) is 16.8 Å². The van der Waals surface area contributed by atoms with E-state index in [4.69, 9.17) is 0 Å². The molecule has 0 saturated heterocycles. The Kier molecular flexibility index (Phi) is 6.14. The van der Waals surface area contributed by atoms with Gasteiger partial charge in [-0.15, -0.1) is 12.4 Å². The Hall–Kier alpha value is -3.38. The fourth-order valence-electron chi connectivity index (χ4n) is 3.11. The van der Waals surface area contributed by atoms with Crippen molar-refractivity contribution in [1.82, 2.24) is 14.9 Å². The van der Waals surface area contributed by atoms with Crippen LogP contribution in [-0.4, -0.2) is 22.1 Å². The van der Waals surface area contributed by atoms with Crippen LogP contribution in [0.15, 0.2) is 73.1 Å². The molecule has 3 aromatic carbocycles. The molecule has 0 atom stereocenters. The number of hydrogen-bond acceptors (Lipinski definition) is 2. The lowest BCUT2D eigenvalue weighted by Crippen LogP contribution is -2.28. The molecule has 0 aliphatic rings. The molecule has 0 spiro atoms. The highest BCUT2D eigenvalue weighted by Gasteiger charge is 2.08. The Morgan fingerprint density at radius 3 is 2.55 bits per heavy atom. The second-order valence-electron chi connectivity index (χ2n) is 6.36. The number of nitrogens with zero attached hydrogens (tertiary/aromatic N) is 2. The van der Waals surface area contributed by atoms with Gasteiger partial charge in [0.25, 0.3) is 0 Å². The quantitative estimate of drug-likeness (QED) is 0.473. The van der Waals surface area contributed by atoms with Crippen molar-refractivity contribution in [3.05, 3.63) is 78.9 Å². The maximum absolute atomic E-state index is 13.2. The largest absolute Gasteiger partial charge is 0.338 e. The third kappa shape index (κ3) is 4.38. The van der Waals surface area contributed by atoms with E-state index < -0.39 is 0 Å². The van der Waals surface area contributed by atoms with Crippen molar-refractivity contribution in [2.75, 3.05) is 11.9 Å². The molecule has 0 radical (unpaired) electrons. The Balaban J connectivity index is 0.00000240. The second kappa shape index (κ2) is 8.75. The first-order valence-corrected chi connectivity index (χ1v) is 9.02. The molecule has 0 fully saturated rings. The highest BCUT2D eigenvalue weighted by molar-refractivity contribution is 5.90. The number of halogens is 2. The summed E-state index contributed by atoms with van der Waals surface area (Å²) in [6, 6.07) is 19.7. The van der Waals surface area contributed by atoms with E-state index in [0.29, 0.717) is 12.2 Å². The first kappa shape index (κ1) is 20.4. The minimum Gasteiger partial charge on any atom is -0.338 e. The van der Waals surface area contributed by atoms with E-state index >= 15 is 0 Å². The van der Waals surface area contributed by atoms with Gasteiger partial charge in [0.2, 0.25) is 0 Å². The average Bonchev–Trinajstić information content (AvgIpc) is 3.12. The number of nitrogens with one attached hydrogen (secondary N) is 2. The molecule has 0 unspecified atom stereocenters. The van der Waals surface area contributed by atoms with Crippen molar-refractivity contribution >= 4 is 35.2 Å². The predicted molar refractivity (Wildman–Crippen MR) is 116 cm³/mol. The number of carbonyl (C=O) groups is 1. The number of amides is 2. The van der Waals surface area contributed by atoms with Gasteiger partial charge in [-0.3, -0.25) is 4.57 Å². The van der Waals surface area contributed by atoms with E-state index in [-0.39, 0.29) is 24.3 Å². The molecular weight excluding hydrogens is 391 g/mol. The Labute approximate surface area is 174 Å². The molecule has 0 saturated carbocycles. The van der Waals surface area contributed by atoms with E-state index in [1.807, 2.05) is 54.0 Å². The number of fused-ring (bicyclic) bond motifs is 1. The molecule has 2 amide bonds. The van der Waals surface area contributed by atoms with E-state index in [1.54, 1.807) is 18.5 Å². The summed E-state index contributed by atoms with van der Waals surface area (Å²) in [6.07, 6.45) is 1.75. The third-order valence-corrected chi connectivity index (χ3v) is 4.44. The monoisotopic (exact) mass is 410 g/mol. The molecule has 5 nitrogen and oxygen atoms in total. The molecule has 29 heavy (non-hydrogen) atoms. The minimum absolute atomic E-state index is 0. The minimum atomic E-state index is -0.254. The van der Waals surface area contributed by atoms with Gasteiger partial charge in [0.1, 0.15) is 12.1 Å². The highest BCUT2D eigenvalue weighted by atomic mass is 35.5. The highest BCUT2D eigenvalue weighted by Crippen LogP contribution is 2.26. The van der Waals surface area contributed by atoms with Gasteiger partial charge in [0.15, 0.2) is 0 Å². The summed E-state index contributed by atoms with van der Waals surface area (Å²) in [5, 5.41) is 5.52. The molecule has 0 aliphatic carbocycles. The van der Waals surface area contributed by atoms with Crippen LogP contribution in [0, 0.1) is 5.82 Å². The number of hydrogen-bond donors (Lipinski definition) is 2. The summed E-state index contributed by atoms with van der Waals surface area (Å²) in [4.78, 5) is 16.3. The smallest absolute Gasteiger partial charge is 0.319 e. The molecule has 4 rings (SSSR count). The molecule has 7 heteroatoms. The maximum Gasteiger partial charge on any atom is 0.319 e. The summed E-state index contributed by atoms with van der Waals surface area (Å²) in [7, 11) is 0. The van der Waals surface area contributed by atoms with Crippen LogP contribution in [0.3, 0.4) is 0 Å². The molecular formula is C22H20ClFN4O. The molecule has 2 N–H and O–H groups in total. The van der Waals surface area contributed by atoms with Gasteiger partial charge in [0, 0.05) is 17.9 Å². The van der Waals surface area contributed by atoms with Crippen molar-refractivity contribution in [2.45, 2.75) is 6.92 Å². The summed E-state index contributed by atoms with van der Waals surface area (Å²) in [6.45, 7) is 2.43. The van der Waals surface area contributed by atoms with Gasteiger partial charge in [-0.25, -0.2) is 14.2 Å². The number of imidazole rings is 1. The lowest BCUT2D eigenvalue weighted by atomic mass is 10.1. The Morgan fingerprint density at radius 2 is 1.79 bits per heavy atom. The van der Waals surface area contributed by atoms with Crippen molar-refractivity contribution in [2.24, 2.45) is 0 Å². The van der Waals surface area contributed by atoms with Crippen LogP contribution < -0.4 is 10.6 Å². The Morgan fingerprint density at radius 1 is 1.03 bits per heavy atom.